The Bertz CT molecular complexity index is 549. The largest absolute Gasteiger partial charge is 0.378 e. The van der Waals surface area contributed by atoms with E-state index in [0.717, 1.165) is 12.1 Å². The van der Waals surface area contributed by atoms with Crippen LogP contribution in [-0.2, 0) is 6.54 Å². The summed E-state index contributed by atoms with van der Waals surface area (Å²) >= 11 is 3.05. The predicted molar refractivity (Wildman–Crippen MR) is 67.8 cm³/mol. The number of halogens is 4. The summed E-state index contributed by atoms with van der Waals surface area (Å²) < 4.78 is 40.0. The highest BCUT2D eigenvalue weighted by Gasteiger charge is 2.10. The molecule has 0 fully saturated rings. The molecule has 0 bridgehead atoms. The monoisotopic (exact) mass is 315 g/mol. The van der Waals surface area contributed by atoms with Gasteiger partial charge in [0.1, 0.15) is 17.5 Å². The third-order valence-electron chi connectivity index (χ3n) is 2.42. The summed E-state index contributed by atoms with van der Waals surface area (Å²) in [7, 11) is 0. The average Bonchev–Trinajstić information content (AvgIpc) is 2.30. The van der Waals surface area contributed by atoms with Crippen LogP contribution >= 0.6 is 15.9 Å². The van der Waals surface area contributed by atoms with Gasteiger partial charge in [-0.1, -0.05) is 18.2 Å². The molecule has 94 valence electrons. The Hall–Kier alpha value is -1.49. The third kappa shape index (κ3) is 2.85. The van der Waals surface area contributed by atoms with Crippen LogP contribution in [0, 0.1) is 17.5 Å². The molecule has 2 rings (SSSR count). The molecule has 0 aliphatic heterocycles. The van der Waals surface area contributed by atoms with E-state index in [1.54, 1.807) is 18.2 Å². The number of hydrogen-bond acceptors (Lipinski definition) is 1. The van der Waals surface area contributed by atoms with Gasteiger partial charge < -0.3 is 5.32 Å². The molecule has 1 nitrogen and oxygen atoms in total. The second kappa shape index (κ2) is 5.44. The molecule has 0 aliphatic carbocycles. The zero-order valence-corrected chi connectivity index (χ0v) is 10.8. The van der Waals surface area contributed by atoms with Gasteiger partial charge in [0.15, 0.2) is 0 Å². The summed E-state index contributed by atoms with van der Waals surface area (Å²) in [4.78, 5) is 0. The van der Waals surface area contributed by atoms with Crippen molar-refractivity contribution in [3.8, 4) is 0 Å². The first-order valence-electron chi connectivity index (χ1n) is 5.20. The molecule has 18 heavy (non-hydrogen) atoms. The molecule has 0 amide bonds. The van der Waals surface area contributed by atoms with Crippen molar-refractivity contribution >= 4 is 21.6 Å². The van der Waals surface area contributed by atoms with E-state index in [1.165, 1.54) is 6.07 Å². The third-order valence-corrected chi connectivity index (χ3v) is 3.05. The Morgan fingerprint density at radius 1 is 1.00 bits per heavy atom. The standard InChI is InChI=1S/C13H9BrF3N/c14-10-5-9(15)6-12(17)13(10)18-7-8-3-1-2-4-11(8)16/h1-6,18H,7H2. The van der Waals surface area contributed by atoms with E-state index in [0.29, 0.717) is 5.56 Å². The Morgan fingerprint density at radius 3 is 2.39 bits per heavy atom. The van der Waals surface area contributed by atoms with E-state index in [1.807, 2.05) is 0 Å². The maximum atomic E-state index is 13.5. The van der Waals surface area contributed by atoms with Gasteiger partial charge in [-0.15, -0.1) is 0 Å². The number of benzene rings is 2. The Morgan fingerprint density at radius 2 is 1.72 bits per heavy atom. The fourth-order valence-electron chi connectivity index (χ4n) is 1.54. The van der Waals surface area contributed by atoms with E-state index < -0.39 is 11.6 Å². The highest BCUT2D eigenvalue weighted by atomic mass is 79.9. The number of hydrogen-bond donors (Lipinski definition) is 1. The molecule has 0 aromatic heterocycles. The average molecular weight is 316 g/mol. The van der Waals surface area contributed by atoms with Crippen molar-refractivity contribution in [3.63, 3.8) is 0 Å². The van der Waals surface area contributed by atoms with Crippen molar-refractivity contribution < 1.29 is 13.2 Å². The lowest BCUT2D eigenvalue weighted by atomic mass is 10.2. The van der Waals surface area contributed by atoms with Crippen LogP contribution in [0.4, 0.5) is 18.9 Å². The van der Waals surface area contributed by atoms with Gasteiger partial charge in [-0.3, -0.25) is 0 Å². The number of nitrogens with one attached hydrogen (secondary N) is 1. The zero-order valence-electron chi connectivity index (χ0n) is 9.18. The molecule has 0 atom stereocenters. The summed E-state index contributed by atoms with van der Waals surface area (Å²) in [6.45, 7) is 0.119. The van der Waals surface area contributed by atoms with Crippen LogP contribution in [0.25, 0.3) is 0 Å². The summed E-state index contributed by atoms with van der Waals surface area (Å²) in [5.41, 5.74) is 0.521. The second-order valence-electron chi connectivity index (χ2n) is 3.69. The van der Waals surface area contributed by atoms with Gasteiger partial charge in [0, 0.05) is 22.6 Å². The quantitative estimate of drug-likeness (QED) is 0.880. The van der Waals surface area contributed by atoms with Crippen LogP contribution in [0.5, 0.6) is 0 Å². The summed E-state index contributed by atoms with van der Waals surface area (Å²) in [5.74, 6) is -1.77. The van der Waals surface area contributed by atoms with Gasteiger partial charge in [0.05, 0.1) is 5.69 Å². The fourth-order valence-corrected chi connectivity index (χ4v) is 2.08. The minimum absolute atomic E-state index is 0.111. The van der Waals surface area contributed by atoms with Crippen molar-refractivity contribution in [1.29, 1.82) is 0 Å². The van der Waals surface area contributed by atoms with Gasteiger partial charge in [0.2, 0.25) is 0 Å². The first-order chi connectivity index (χ1) is 8.58. The van der Waals surface area contributed by atoms with Crippen LogP contribution in [0.3, 0.4) is 0 Å². The highest BCUT2D eigenvalue weighted by molar-refractivity contribution is 9.10. The zero-order chi connectivity index (χ0) is 13.1. The maximum absolute atomic E-state index is 13.5. The molecule has 0 unspecified atom stereocenters. The van der Waals surface area contributed by atoms with E-state index in [4.69, 9.17) is 0 Å². The summed E-state index contributed by atoms with van der Waals surface area (Å²) in [6, 6.07) is 8.11. The fraction of sp³-hybridized carbons (Fsp3) is 0.0769. The van der Waals surface area contributed by atoms with Crippen molar-refractivity contribution in [2.24, 2.45) is 0 Å². The Labute approximate surface area is 111 Å². The number of anilines is 1. The van der Waals surface area contributed by atoms with Gasteiger partial charge in [-0.05, 0) is 28.1 Å². The molecule has 2 aromatic rings. The van der Waals surface area contributed by atoms with Crippen molar-refractivity contribution in [3.05, 3.63) is 63.9 Å². The van der Waals surface area contributed by atoms with Crippen LogP contribution in [-0.4, -0.2) is 0 Å². The first-order valence-corrected chi connectivity index (χ1v) is 5.99. The van der Waals surface area contributed by atoms with E-state index in [9.17, 15) is 13.2 Å². The van der Waals surface area contributed by atoms with Gasteiger partial charge in [-0.25, -0.2) is 13.2 Å². The highest BCUT2D eigenvalue weighted by Crippen LogP contribution is 2.27. The van der Waals surface area contributed by atoms with Gasteiger partial charge in [-0.2, -0.15) is 0 Å². The molecule has 1 N–H and O–H groups in total. The predicted octanol–water partition coefficient (Wildman–Crippen LogP) is 4.48. The first kappa shape index (κ1) is 13.0. The molecular formula is C13H9BrF3N. The SMILES string of the molecule is Fc1cc(F)c(NCc2ccccc2F)c(Br)c1. The van der Waals surface area contributed by atoms with E-state index >= 15 is 0 Å². The molecule has 2 aromatic carbocycles. The molecule has 0 heterocycles. The van der Waals surface area contributed by atoms with Crippen LogP contribution in [0.2, 0.25) is 0 Å². The van der Waals surface area contributed by atoms with Crippen molar-refractivity contribution in [2.45, 2.75) is 6.54 Å². The Balaban J connectivity index is 2.19. The molecule has 5 heteroatoms. The van der Waals surface area contributed by atoms with Gasteiger partial charge >= 0.3 is 0 Å². The van der Waals surface area contributed by atoms with Gasteiger partial charge in [0.25, 0.3) is 0 Å². The Kier molecular flexibility index (Phi) is 3.91. The molecule has 0 saturated carbocycles. The molecule has 0 spiro atoms. The lowest BCUT2D eigenvalue weighted by Crippen LogP contribution is -2.04. The van der Waals surface area contributed by atoms with Crippen LogP contribution in [0.15, 0.2) is 40.9 Å². The smallest absolute Gasteiger partial charge is 0.150 e. The van der Waals surface area contributed by atoms with Crippen molar-refractivity contribution in [2.75, 3.05) is 5.32 Å². The molecule has 0 saturated heterocycles. The number of rotatable bonds is 3. The lowest BCUT2D eigenvalue weighted by molar-refractivity contribution is 0.582. The second-order valence-corrected chi connectivity index (χ2v) is 4.54. The minimum atomic E-state index is -0.724. The lowest BCUT2D eigenvalue weighted by Gasteiger charge is -2.10. The van der Waals surface area contributed by atoms with Crippen molar-refractivity contribution in [1.82, 2.24) is 0 Å². The summed E-state index contributed by atoms with van der Waals surface area (Å²) in [5, 5.41) is 2.74. The molecule has 0 radical (unpaired) electrons. The maximum Gasteiger partial charge on any atom is 0.150 e. The normalized spacial score (nSPS) is 10.4. The van der Waals surface area contributed by atoms with Crippen LogP contribution < -0.4 is 5.32 Å². The topological polar surface area (TPSA) is 12.0 Å². The van der Waals surface area contributed by atoms with E-state index in [2.05, 4.69) is 21.2 Å². The molecular weight excluding hydrogens is 307 g/mol. The van der Waals surface area contributed by atoms with E-state index in [-0.39, 0.29) is 22.5 Å². The van der Waals surface area contributed by atoms with Crippen LogP contribution in [0.1, 0.15) is 5.56 Å². The molecule has 0 aliphatic rings. The minimum Gasteiger partial charge on any atom is -0.378 e. The summed E-state index contributed by atoms with van der Waals surface area (Å²) in [6.07, 6.45) is 0.